The maximum absolute atomic E-state index is 6.21. The molecule has 3 aromatic carbocycles. The van der Waals surface area contributed by atoms with E-state index in [1.807, 2.05) is 18.3 Å². The van der Waals surface area contributed by atoms with E-state index in [1.165, 1.54) is 21.2 Å². The topological polar surface area (TPSA) is 24.9 Å². The van der Waals surface area contributed by atoms with Crippen molar-refractivity contribution in [3.8, 4) is 10.4 Å². The summed E-state index contributed by atoms with van der Waals surface area (Å²) in [6.07, 6.45) is 1.96. The zero-order valence-corrected chi connectivity index (χ0v) is 16.2. The lowest BCUT2D eigenvalue weighted by atomic mass is 10.0. The van der Waals surface area contributed by atoms with E-state index in [1.54, 1.807) is 17.4 Å². The molecule has 0 aliphatic heterocycles. The lowest BCUT2D eigenvalue weighted by molar-refractivity contribution is 0.690. The third kappa shape index (κ3) is 3.76. The predicted octanol–water partition coefficient (Wildman–Crippen LogP) is 6.56. The van der Waals surface area contributed by atoms with Gasteiger partial charge in [-0.1, -0.05) is 71.7 Å². The fraction of sp³-hybridized carbons (Fsp3) is 0.0952. The van der Waals surface area contributed by atoms with Crippen molar-refractivity contribution in [1.82, 2.24) is 10.3 Å². The molecule has 0 aliphatic carbocycles. The van der Waals surface area contributed by atoms with Crippen LogP contribution in [-0.4, -0.2) is 4.98 Å². The molecule has 0 radical (unpaired) electrons. The quantitative estimate of drug-likeness (QED) is 0.411. The van der Waals surface area contributed by atoms with Crippen molar-refractivity contribution in [2.24, 2.45) is 0 Å². The molecule has 1 N–H and O–H groups in total. The predicted molar refractivity (Wildman–Crippen MR) is 112 cm³/mol. The normalized spacial score (nSPS) is 11.2. The minimum absolute atomic E-state index is 0.651. The summed E-state index contributed by atoms with van der Waals surface area (Å²) in [6, 6.07) is 20.4. The number of fused-ring (bicyclic) bond motifs is 1. The van der Waals surface area contributed by atoms with Gasteiger partial charge in [0.15, 0.2) is 0 Å². The summed E-state index contributed by atoms with van der Waals surface area (Å²) in [5.41, 5.74) is 2.26. The minimum Gasteiger partial charge on any atom is -0.306 e. The molecule has 130 valence electrons. The number of thiazole rings is 1. The fourth-order valence-electron chi connectivity index (χ4n) is 2.93. The molecule has 0 bridgehead atoms. The molecule has 4 aromatic rings. The number of halogens is 2. The lowest BCUT2D eigenvalue weighted by Crippen LogP contribution is -2.12. The highest BCUT2D eigenvalue weighted by Crippen LogP contribution is 2.32. The largest absolute Gasteiger partial charge is 0.306 e. The zero-order valence-electron chi connectivity index (χ0n) is 13.9. The second kappa shape index (κ2) is 7.77. The number of rotatable bonds is 5. The molecule has 0 amide bonds. The second-order valence-electron chi connectivity index (χ2n) is 5.98. The van der Waals surface area contributed by atoms with Gasteiger partial charge in [0.2, 0.25) is 0 Å². The number of hydrogen-bond acceptors (Lipinski definition) is 3. The molecule has 5 heteroatoms. The summed E-state index contributed by atoms with van der Waals surface area (Å²) in [5, 5.41) is 8.29. The summed E-state index contributed by atoms with van der Waals surface area (Å²) in [7, 11) is 0. The molecule has 1 aromatic heterocycles. The maximum atomic E-state index is 6.21. The van der Waals surface area contributed by atoms with Gasteiger partial charge in [-0.3, -0.25) is 0 Å². The van der Waals surface area contributed by atoms with Crippen LogP contribution in [0.25, 0.3) is 21.2 Å². The summed E-state index contributed by atoms with van der Waals surface area (Å²) in [6.45, 7) is 1.38. The van der Waals surface area contributed by atoms with Gasteiger partial charge in [0.1, 0.15) is 5.01 Å². The van der Waals surface area contributed by atoms with Crippen molar-refractivity contribution < 1.29 is 0 Å². The average Bonchev–Trinajstić information content (AvgIpc) is 3.12. The van der Waals surface area contributed by atoms with Crippen molar-refractivity contribution in [3.63, 3.8) is 0 Å². The first kappa shape index (κ1) is 17.5. The van der Waals surface area contributed by atoms with Gasteiger partial charge >= 0.3 is 0 Å². The van der Waals surface area contributed by atoms with E-state index in [4.69, 9.17) is 23.2 Å². The van der Waals surface area contributed by atoms with E-state index in [2.05, 4.69) is 52.8 Å². The molecule has 0 atom stereocenters. The van der Waals surface area contributed by atoms with Crippen LogP contribution in [0.15, 0.2) is 66.9 Å². The molecule has 0 unspecified atom stereocenters. The van der Waals surface area contributed by atoms with Crippen LogP contribution in [0.2, 0.25) is 10.0 Å². The van der Waals surface area contributed by atoms with Crippen LogP contribution < -0.4 is 5.32 Å². The second-order valence-corrected chi connectivity index (χ2v) is 7.94. The summed E-state index contributed by atoms with van der Waals surface area (Å²) in [5.74, 6) is 0. The van der Waals surface area contributed by atoms with E-state index in [0.29, 0.717) is 23.1 Å². The summed E-state index contributed by atoms with van der Waals surface area (Å²) in [4.78, 5) is 5.75. The Kier molecular flexibility index (Phi) is 5.23. The van der Waals surface area contributed by atoms with Crippen molar-refractivity contribution in [3.05, 3.63) is 87.5 Å². The van der Waals surface area contributed by atoms with Gasteiger partial charge < -0.3 is 5.32 Å². The molecule has 0 saturated carbocycles. The smallest absolute Gasteiger partial charge is 0.107 e. The van der Waals surface area contributed by atoms with Crippen molar-refractivity contribution >= 4 is 45.3 Å². The molecule has 0 aliphatic rings. The van der Waals surface area contributed by atoms with E-state index in [9.17, 15) is 0 Å². The Bertz CT molecular complexity index is 1050. The van der Waals surface area contributed by atoms with E-state index in [-0.39, 0.29) is 0 Å². The molecule has 0 fully saturated rings. The van der Waals surface area contributed by atoms with Gasteiger partial charge in [-0.25, -0.2) is 4.98 Å². The highest BCUT2D eigenvalue weighted by atomic mass is 35.5. The molecule has 0 spiro atoms. The fourth-order valence-corrected chi connectivity index (χ4v) is 4.33. The van der Waals surface area contributed by atoms with Gasteiger partial charge in [-0.15, -0.1) is 11.3 Å². The molecule has 1 heterocycles. The standard InChI is InChI=1S/C21H16Cl2N2S/c22-16-9-8-15(19(23)10-16)11-24-13-21-25-12-20(26-21)18-7-3-5-14-4-1-2-6-17(14)18/h1-10,12,24H,11,13H2. The molecule has 2 nitrogen and oxygen atoms in total. The Hall–Kier alpha value is -1.91. The van der Waals surface area contributed by atoms with Crippen LogP contribution in [-0.2, 0) is 13.1 Å². The molecule has 0 saturated heterocycles. The first-order chi connectivity index (χ1) is 12.7. The van der Waals surface area contributed by atoms with E-state index >= 15 is 0 Å². The van der Waals surface area contributed by atoms with Gasteiger partial charge in [-0.2, -0.15) is 0 Å². The summed E-state index contributed by atoms with van der Waals surface area (Å²) < 4.78 is 0. The molecular formula is C21H16Cl2N2S. The Morgan fingerprint density at radius 1 is 0.923 bits per heavy atom. The third-order valence-corrected chi connectivity index (χ3v) is 5.83. The van der Waals surface area contributed by atoms with Gasteiger partial charge in [-0.05, 0) is 28.5 Å². The highest BCUT2D eigenvalue weighted by Gasteiger charge is 2.08. The number of nitrogens with zero attached hydrogens (tertiary/aromatic N) is 1. The van der Waals surface area contributed by atoms with Crippen LogP contribution in [0.1, 0.15) is 10.6 Å². The zero-order chi connectivity index (χ0) is 17.9. The van der Waals surface area contributed by atoms with Crippen molar-refractivity contribution in [2.75, 3.05) is 0 Å². The van der Waals surface area contributed by atoms with E-state index < -0.39 is 0 Å². The first-order valence-corrected chi connectivity index (χ1v) is 9.85. The number of hydrogen-bond donors (Lipinski definition) is 1. The Morgan fingerprint density at radius 2 is 1.77 bits per heavy atom. The Balaban J connectivity index is 1.48. The molecule has 4 rings (SSSR count). The third-order valence-electron chi connectivity index (χ3n) is 4.22. The number of aromatic nitrogens is 1. The van der Waals surface area contributed by atoms with Gasteiger partial charge in [0.05, 0.1) is 4.88 Å². The Morgan fingerprint density at radius 3 is 2.65 bits per heavy atom. The van der Waals surface area contributed by atoms with E-state index in [0.717, 1.165) is 10.6 Å². The monoisotopic (exact) mass is 398 g/mol. The molecular weight excluding hydrogens is 383 g/mol. The number of benzene rings is 3. The van der Waals surface area contributed by atoms with Crippen LogP contribution in [0, 0.1) is 0 Å². The minimum atomic E-state index is 0.651. The first-order valence-electron chi connectivity index (χ1n) is 8.28. The maximum Gasteiger partial charge on any atom is 0.107 e. The SMILES string of the molecule is Clc1ccc(CNCc2ncc(-c3cccc4ccccc34)s2)c(Cl)c1. The number of nitrogens with one attached hydrogen (secondary N) is 1. The van der Waals surface area contributed by atoms with Crippen LogP contribution in [0.5, 0.6) is 0 Å². The lowest BCUT2D eigenvalue weighted by Gasteiger charge is -2.06. The van der Waals surface area contributed by atoms with Crippen LogP contribution in [0.4, 0.5) is 0 Å². The average molecular weight is 399 g/mol. The highest BCUT2D eigenvalue weighted by molar-refractivity contribution is 7.15. The summed E-state index contributed by atoms with van der Waals surface area (Å²) >= 11 is 13.9. The van der Waals surface area contributed by atoms with Crippen LogP contribution in [0.3, 0.4) is 0 Å². The van der Waals surface area contributed by atoms with Crippen molar-refractivity contribution in [1.29, 1.82) is 0 Å². The molecule has 26 heavy (non-hydrogen) atoms. The van der Waals surface area contributed by atoms with Gasteiger partial charge in [0, 0.05) is 34.9 Å². The Labute approximate surface area is 166 Å². The van der Waals surface area contributed by atoms with Gasteiger partial charge in [0.25, 0.3) is 0 Å². The van der Waals surface area contributed by atoms with Crippen LogP contribution >= 0.6 is 34.5 Å². The van der Waals surface area contributed by atoms with Crippen molar-refractivity contribution in [2.45, 2.75) is 13.1 Å².